The van der Waals surface area contributed by atoms with Crippen LogP contribution in [0, 0.1) is 5.82 Å². The highest BCUT2D eigenvalue weighted by atomic mass is 32.1. The third-order valence-electron chi connectivity index (χ3n) is 3.24. The number of ketones is 1. The minimum Gasteiger partial charge on any atom is -0.293 e. The molecule has 1 heterocycles. The maximum absolute atomic E-state index is 13.1. The van der Waals surface area contributed by atoms with Crippen LogP contribution in [0.2, 0.25) is 0 Å². The van der Waals surface area contributed by atoms with Gasteiger partial charge in [0.25, 0.3) is 0 Å². The van der Waals surface area contributed by atoms with Gasteiger partial charge in [0.05, 0.1) is 4.88 Å². The summed E-state index contributed by atoms with van der Waals surface area (Å²) in [6, 6.07) is 16.4. The molecular formula is C17H13FOS. The van der Waals surface area contributed by atoms with Crippen LogP contribution in [-0.4, -0.2) is 5.78 Å². The topological polar surface area (TPSA) is 17.1 Å². The van der Waals surface area contributed by atoms with Crippen LogP contribution >= 0.6 is 11.3 Å². The van der Waals surface area contributed by atoms with Crippen molar-refractivity contribution >= 4 is 27.2 Å². The van der Waals surface area contributed by atoms with Crippen molar-refractivity contribution in [3.05, 3.63) is 70.9 Å². The molecule has 0 saturated heterocycles. The lowest BCUT2D eigenvalue weighted by molar-refractivity contribution is 0.0987. The fourth-order valence-corrected chi connectivity index (χ4v) is 3.22. The summed E-state index contributed by atoms with van der Waals surface area (Å²) in [5.41, 5.74) is 1.16. The first-order valence-corrected chi connectivity index (χ1v) is 7.30. The van der Waals surface area contributed by atoms with Crippen LogP contribution in [-0.2, 0) is 6.42 Å². The van der Waals surface area contributed by atoms with Crippen molar-refractivity contribution in [2.45, 2.75) is 12.8 Å². The van der Waals surface area contributed by atoms with Gasteiger partial charge in [-0.15, -0.1) is 11.3 Å². The van der Waals surface area contributed by atoms with Crippen LogP contribution in [0.1, 0.15) is 21.7 Å². The molecule has 2 aromatic carbocycles. The first-order valence-electron chi connectivity index (χ1n) is 6.48. The number of benzene rings is 2. The Morgan fingerprint density at radius 2 is 1.85 bits per heavy atom. The molecule has 0 aliphatic carbocycles. The van der Waals surface area contributed by atoms with E-state index in [1.165, 1.54) is 23.5 Å². The van der Waals surface area contributed by atoms with Gasteiger partial charge in [-0.1, -0.05) is 36.4 Å². The second-order valence-corrected chi connectivity index (χ2v) is 5.79. The third-order valence-corrected chi connectivity index (χ3v) is 4.38. The standard InChI is InChI=1S/C17H13FOS/c18-14-8-7-13-10-17(20-16(13)11-14)15(19)9-6-12-4-2-1-3-5-12/h1-5,7-8,10-11H,6,9H2. The van der Waals surface area contributed by atoms with Gasteiger partial charge in [-0.3, -0.25) is 4.79 Å². The summed E-state index contributed by atoms with van der Waals surface area (Å²) >= 11 is 1.37. The lowest BCUT2D eigenvalue weighted by atomic mass is 10.1. The quantitative estimate of drug-likeness (QED) is 0.625. The molecule has 0 bridgehead atoms. The van der Waals surface area contributed by atoms with Crippen molar-refractivity contribution in [2.24, 2.45) is 0 Å². The second-order valence-electron chi connectivity index (χ2n) is 4.70. The molecule has 0 spiro atoms. The first kappa shape index (κ1) is 13.0. The van der Waals surface area contributed by atoms with Crippen LogP contribution in [0.4, 0.5) is 4.39 Å². The monoisotopic (exact) mass is 284 g/mol. The van der Waals surface area contributed by atoms with E-state index in [4.69, 9.17) is 0 Å². The van der Waals surface area contributed by atoms with Gasteiger partial charge in [-0.25, -0.2) is 4.39 Å². The molecule has 100 valence electrons. The van der Waals surface area contributed by atoms with Crippen LogP contribution in [0.3, 0.4) is 0 Å². The summed E-state index contributed by atoms with van der Waals surface area (Å²) in [6.45, 7) is 0. The Morgan fingerprint density at radius 3 is 2.65 bits per heavy atom. The Kier molecular flexibility index (Phi) is 3.61. The second kappa shape index (κ2) is 5.55. The summed E-state index contributed by atoms with van der Waals surface area (Å²) < 4.78 is 14.0. The smallest absolute Gasteiger partial charge is 0.173 e. The van der Waals surface area contributed by atoms with Crippen molar-refractivity contribution in [2.75, 3.05) is 0 Å². The highest BCUT2D eigenvalue weighted by Crippen LogP contribution is 2.27. The zero-order valence-corrected chi connectivity index (χ0v) is 11.6. The van der Waals surface area contributed by atoms with Crippen molar-refractivity contribution in [3.63, 3.8) is 0 Å². The van der Waals surface area contributed by atoms with Gasteiger partial charge < -0.3 is 0 Å². The zero-order chi connectivity index (χ0) is 13.9. The molecule has 20 heavy (non-hydrogen) atoms. The van der Waals surface area contributed by atoms with Crippen LogP contribution in [0.15, 0.2) is 54.6 Å². The van der Waals surface area contributed by atoms with E-state index in [1.807, 2.05) is 36.4 Å². The molecule has 1 aromatic heterocycles. The number of hydrogen-bond acceptors (Lipinski definition) is 2. The van der Waals surface area contributed by atoms with Crippen molar-refractivity contribution in [1.82, 2.24) is 0 Å². The number of Topliss-reactive ketones (excluding diaryl/α,β-unsaturated/α-hetero) is 1. The van der Waals surface area contributed by atoms with Gasteiger partial charge in [0.2, 0.25) is 0 Å². The maximum atomic E-state index is 13.1. The minimum absolute atomic E-state index is 0.121. The molecule has 0 aliphatic rings. The van der Waals surface area contributed by atoms with E-state index in [-0.39, 0.29) is 11.6 Å². The number of rotatable bonds is 4. The number of fused-ring (bicyclic) bond motifs is 1. The lowest BCUT2D eigenvalue weighted by Crippen LogP contribution is -1.98. The molecule has 0 fully saturated rings. The van der Waals surface area contributed by atoms with Gasteiger partial charge in [-0.2, -0.15) is 0 Å². The summed E-state index contributed by atoms with van der Waals surface area (Å²) in [7, 11) is 0. The minimum atomic E-state index is -0.261. The number of carbonyl (C=O) groups excluding carboxylic acids is 1. The van der Waals surface area contributed by atoms with Gasteiger partial charge in [0, 0.05) is 11.1 Å². The Hall–Kier alpha value is -2.00. The largest absolute Gasteiger partial charge is 0.293 e. The van der Waals surface area contributed by atoms with Crippen molar-refractivity contribution in [1.29, 1.82) is 0 Å². The van der Waals surface area contributed by atoms with Crippen LogP contribution in [0.25, 0.3) is 10.1 Å². The first-order chi connectivity index (χ1) is 9.72. The number of carbonyl (C=O) groups is 1. The van der Waals surface area contributed by atoms with E-state index in [0.29, 0.717) is 11.3 Å². The molecule has 0 amide bonds. The number of aryl methyl sites for hydroxylation is 1. The summed E-state index contributed by atoms with van der Waals surface area (Å²) in [4.78, 5) is 12.9. The molecule has 0 aliphatic heterocycles. The molecule has 3 heteroatoms. The van der Waals surface area contributed by atoms with Crippen molar-refractivity contribution in [3.8, 4) is 0 Å². The number of halogens is 1. The van der Waals surface area contributed by atoms with Gasteiger partial charge >= 0.3 is 0 Å². The fourth-order valence-electron chi connectivity index (χ4n) is 2.17. The summed E-state index contributed by atoms with van der Waals surface area (Å²) in [5, 5.41) is 0.930. The van der Waals surface area contributed by atoms with Gasteiger partial charge in [-0.05, 0) is 35.6 Å². The highest BCUT2D eigenvalue weighted by molar-refractivity contribution is 7.20. The molecule has 1 nitrogen and oxygen atoms in total. The maximum Gasteiger partial charge on any atom is 0.173 e. The molecular weight excluding hydrogens is 271 g/mol. The predicted molar refractivity (Wildman–Crippen MR) is 80.9 cm³/mol. The fraction of sp³-hybridized carbons (Fsp3) is 0.118. The Labute approximate surface area is 120 Å². The Morgan fingerprint density at radius 1 is 1.05 bits per heavy atom. The van der Waals surface area contributed by atoms with Gasteiger partial charge in [0.1, 0.15) is 5.82 Å². The van der Waals surface area contributed by atoms with Crippen LogP contribution in [0.5, 0.6) is 0 Å². The van der Waals surface area contributed by atoms with Crippen LogP contribution < -0.4 is 0 Å². The van der Waals surface area contributed by atoms with Crippen molar-refractivity contribution < 1.29 is 9.18 Å². The lowest BCUT2D eigenvalue weighted by Gasteiger charge is -1.99. The van der Waals surface area contributed by atoms with E-state index in [9.17, 15) is 9.18 Å². The molecule has 0 N–H and O–H groups in total. The molecule has 0 atom stereocenters. The van der Waals surface area contributed by atoms with E-state index in [1.54, 1.807) is 6.07 Å². The van der Waals surface area contributed by atoms with E-state index in [0.717, 1.165) is 22.1 Å². The molecule has 3 rings (SSSR count). The highest BCUT2D eigenvalue weighted by Gasteiger charge is 2.10. The zero-order valence-electron chi connectivity index (χ0n) is 10.8. The average molecular weight is 284 g/mol. The molecule has 0 radical (unpaired) electrons. The van der Waals surface area contributed by atoms with Gasteiger partial charge in [0.15, 0.2) is 5.78 Å². The number of hydrogen-bond donors (Lipinski definition) is 0. The van der Waals surface area contributed by atoms with E-state index >= 15 is 0 Å². The predicted octanol–water partition coefficient (Wildman–Crippen LogP) is 4.86. The summed E-state index contributed by atoms with van der Waals surface area (Å²) in [6.07, 6.45) is 1.22. The van der Waals surface area contributed by atoms with E-state index < -0.39 is 0 Å². The average Bonchev–Trinajstić information content (AvgIpc) is 2.89. The normalized spacial score (nSPS) is 10.8. The molecule has 3 aromatic rings. The Bertz CT molecular complexity index is 746. The third kappa shape index (κ3) is 2.78. The Balaban J connectivity index is 1.75. The summed E-state index contributed by atoms with van der Waals surface area (Å²) in [5.74, 6) is -0.141. The number of thiophene rings is 1. The molecule has 0 saturated carbocycles. The SMILES string of the molecule is O=C(CCc1ccccc1)c1cc2ccc(F)cc2s1. The van der Waals surface area contributed by atoms with E-state index in [2.05, 4.69) is 0 Å². The molecule has 0 unspecified atom stereocenters.